The molecular weight excluding hydrogens is 362 g/mol. The topological polar surface area (TPSA) is 98.2 Å². The van der Waals surface area contributed by atoms with Gasteiger partial charge in [-0.15, -0.1) is 0 Å². The van der Waals surface area contributed by atoms with Crippen LogP contribution in [0.5, 0.6) is 0 Å². The molecule has 2 fully saturated rings. The number of aliphatic carboxylic acids is 1. The standard InChI is InChI=1S/C20H33N3O5/c1-20(2,3)12-16(24)23-9-5-6-15(23)18(26)21(4)13-17(25)22-10-7-14(8-11-22)19(27)28/h14-15H,5-13H2,1-4H3,(H,27,28). The molecule has 0 spiro atoms. The lowest BCUT2D eigenvalue weighted by Gasteiger charge is -2.33. The van der Waals surface area contributed by atoms with Gasteiger partial charge in [0.15, 0.2) is 0 Å². The zero-order chi connectivity index (χ0) is 21.1. The SMILES string of the molecule is CN(CC(=O)N1CCC(C(=O)O)CC1)C(=O)C1CCCN1C(=O)CC(C)(C)C. The van der Waals surface area contributed by atoms with Gasteiger partial charge in [0, 0.05) is 33.1 Å². The molecule has 2 saturated heterocycles. The Morgan fingerprint density at radius 2 is 1.61 bits per heavy atom. The molecule has 0 aromatic heterocycles. The van der Waals surface area contributed by atoms with E-state index in [4.69, 9.17) is 5.11 Å². The second kappa shape index (κ2) is 8.92. The minimum absolute atomic E-state index is 0.0150. The van der Waals surface area contributed by atoms with Crippen molar-refractivity contribution < 1.29 is 24.3 Å². The van der Waals surface area contributed by atoms with E-state index in [9.17, 15) is 19.2 Å². The number of amides is 3. The Labute approximate surface area is 166 Å². The average molecular weight is 396 g/mol. The molecule has 158 valence electrons. The Morgan fingerprint density at radius 1 is 1.00 bits per heavy atom. The van der Waals surface area contributed by atoms with E-state index in [1.165, 1.54) is 4.90 Å². The first kappa shape index (κ1) is 22.2. The number of carboxylic acids is 1. The van der Waals surface area contributed by atoms with Gasteiger partial charge in [0.1, 0.15) is 6.04 Å². The van der Waals surface area contributed by atoms with E-state index < -0.39 is 17.9 Å². The molecule has 0 bridgehead atoms. The number of piperidine rings is 1. The van der Waals surface area contributed by atoms with Crippen LogP contribution in [0.2, 0.25) is 0 Å². The number of nitrogens with zero attached hydrogens (tertiary/aromatic N) is 3. The van der Waals surface area contributed by atoms with Gasteiger partial charge >= 0.3 is 5.97 Å². The summed E-state index contributed by atoms with van der Waals surface area (Å²) in [6, 6.07) is -0.495. The molecule has 2 heterocycles. The minimum atomic E-state index is -0.819. The number of hydrogen-bond acceptors (Lipinski definition) is 4. The molecule has 1 N–H and O–H groups in total. The van der Waals surface area contributed by atoms with Crippen molar-refractivity contribution in [1.29, 1.82) is 0 Å². The van der Waals surface area contributed by atoms with Crippen molar-refractivity contribution in [2.45, 2.75) is 58.9 Å². The smallest absolute Gasteiger partial charge is 0.306 e. The zero-order valence-corrected chi connectivity index (χ0v) is 17.4. The minimum Gasteiger partial charge on any atom is -0.481 e. The summed E-state index contributed by atoms with van der Waals surface area (Å²) in [5.74, 6) is -1.61. The van der Waals surface area contributed by atoms with Gasteiger partial charge in [-0.3, -0.25) is 19.2 Å². The molecule has 2 aliphatic heterocycles. The fourth-order valence-electron chi connectivity index (χ4n) is 3.89. The molecule has 8 heteroatoms. The van der Waals surface area contributed by atoms with E-state index in [-0.39, 0.29) is 29.7 Å². The number of carboxylic acid groups (broad SMARTS) is 1. The van der Waals surface area contributed by atoms with Crippen LogP contribution in [0.25, 0.3) is 0 Å². The molecule has 8 nitrogen and oxygen atoms in total. The molecule has 0 aliphatic carbocycles. The highest BCUT2D eigenvalue weighted by atomic mass is 16.4. The molecular formula is C20H33N3O5. The molecule has 0 saturated carbocycles. The van der Waals surface area contributed by atoms with Gasteiger partial charge in [0.05, 0.1) is 12.5 Å². The van der Waals surface area contributed by atoms with E-state index >= 15 is 0 Å². The first-order valence-corrected chi connectivity index (χ1v) is 10.0. The van der Waals surface area contributed by atoms with Crippen LogP contribution in [0.4, 0.5) is 0 Å². The molecule has 28 heavy (non-hydrogen) atoms. The lowest BCUT2D eigenvalue weighted by atomic mass is 9.91. The first-order valence-electron chi connectivity index (χ1n) is 10.0. The number of likely N-dealkylation sites (N-methyl/N-ethyl adjacent to an activating group) is 1. The maximum atomic E-state index is 12.9. The van der Waals surface area contributed by atoms with E-state index in [0.717, 1.165) is 6.42 Å². The van der Waals surface area contributed by atoms with Crippen molar-refractivity contribution in [3.8, 4) is 0 Å². The molecule has 2 rings (SSSR count). The van der Waals surface area contributed by atoms with Crippen molar-refractivity contribution in [1.82, 2.24) is 14.7 Å². The Balaban J connectivity index is 1.90. The molecule has 1 unspecified atom stereocenters. The Kier molecular flexibility index (Phi) is 7.06. The number of carbonyl (C=O) groups is 4. The predicted molar refractivity (Wildman–Crippen MR) is 103 cm³/mol. The van der Waals surface area contributed by atoms with E-state index in [0.29, 0.717) is 45.3 Å². The molecule has 0 radical (unpaired) electrons. The quantitative estimate of drug-likeness (QED) is 0.754. The van der Waals surface area contributed by atoms with Crippen LogP contribution in [-0.2, 0) is 19.2 Å². The predicted octanol–water partition coefficient (Wildman–Crippen LogP) is 1.20. The van der Waals surface area contributed by atoms with Gasteiger partial charge in [0.2, 0.25) is 17.7 Å². The van der Waals surface area contributed by atoms with Crippen molar-refractivity contribution >= 4 is 23.7 Å². The van der Waals surface area contributed by atoms with Crippen LogP contribution in [0.1, 0.15) is 52.9 Å². The van der Waals surface area contributed by atoms with Crippen LogP contribution in [0.15, 0.2) is 0 Å². The summed E-state index contributed by atoms with van der Waals surface area (Å²) in [6.07, 6.45) is 2.68. The monoisotopic (exact) mass is 395 g/mol. The second-order valence-corrected chi connectivity index (χ2v) is 9.17. The third-order valence-electron chi connectivity index (χ3n) is 5.49. The first-order chi connectivity index (χ1) is 13.0. The Morgan fingerprint density at radius 3 is 2.14 bits per heavy atom. The molecule has 2 aliphatic rings. The average Bonchev–Trinajstić information content (AvgIpc) is 3.09. The number of hydrogen-bond donors (Lipinski definition) is 1. The molecule has 0 aromatic rings. The summed E-state index contributed by atoms with van der Waals surface area (Å²) in [6.45, 7) is 7.32. The van der Waals surface area contributed by atoms with E-state index in [1.54, 1.807) is 16.8 Å². The highest BCUT2D eigenvalue weighted by molar-refractivity contribution is 5.91. The van der Waals surface area contributed by atoms with Gasteiger partial charge in [-0.05, 0) is 31.1 Å². The van der Waals surface area contributed by atoms with E-state index in [1.807, 2.05) is 20.8 Å². The van der Waals surface area contributed by atoms with Crippen molar-refractivity contribution in [3.05, 3.63) is 0 Å². The maximum Gasteiger partial charge on any atom is 0.306 e. The van der Waals surface area contributed by atoms with Gasteiger partial charge < -0.3 is 19.8 Å². The maximum absolute atomic E-state index is 12.9. The third-order valence-corrected chi connectivity index (χ3v) is 5.49. The summed E-state index contributed by atoms with van der Waals surface area (Å²) in [7, 11) is 1.59. The normalized spacial score (nSPS) is 20.9. The lowest BCUT2D eigenvalue weighted by molar-refractivity contribution is -0.148. The van der Waals surface area contributed by atoms with Gasteiger partial charge in [0.25, 0.3) is 0 Å². The highest BCUT2D eigenvalue weighted by Gasteiger charge is 2.37. The number of likely N-dealkylation sites (tertiary alicyclic amines) is 2. The molecule has 1 atom stereocenters. The Bertz CT molecular complexity index is 620. The van der Waals surface area contributed by atoms with E-state index in [2.05, 4.69) is 0 Å². The zero-order valence-electron chi connectivity index (χ0n) is 17.4. The second-order valence-electron chi connectivity index (χ2n) is 9.17. The summed E-state index contributed by atoms with van der Waals surface area (Å²) in [4.78, 5) is 53.7. The van der Waals surface area contributed by atoms with Crippen LogP contribution in [0.3, 0.4) is 0 Å². The summed E-state index contributed by atoms with van der Waals surface area (Å²) in [5, 5.41) is 9.05. The fourth-order valence-corrected chi connectivity index (χ4v) is 3.89. The summed E-state index contributed by atoms with van der Waals surface area (Å²) >= 11 is 0. The highest BCUT2D eigenvalue weighted by Crippen LogP contribution is 2.25. The largest absolute Gasteiger partial charge is 0.481 e. The van der Waals surface area contributed by atoms with Crippen LogP contribution >= 0.6 is 0 Å². The van der Waals surface area contributed by atoms with Crippen molar-refractivity contribution in [2.24, 2.45) is 11.3 Å². The lowest BCUT2D eigenvalue weighted by Crippen LogP contribution is -2.50. The van der Waals surface area contributed by atoms with Crippen LogP contribution in [-0.4, -0.2) is 82.8 Å². The van der Waals surface area contributed by atoms with Gasteiger partial charge in [-0.2, -0.15) is 0 Å². The fraction of sp³-hybridized carbons (Fsp3) is 0.800. The molecule has 3 amide bonds. The van der Waals surface area contributed by atoms with Crippen molar-refractivity contribution in [3.63, 3.8) is 0 Å². The number of rotatable bonds is 5. The van der Waals surface area contributed by atoms with Crippen LogP contribution in [0, 0.1) is 11.3 Å². The summed E-state index contributed by atoms with van der Waals surface area (Å²) < 4.78 is 0. The third kappa shape index (κ3) is 5.69. The van der Waals surface area contributed by atoms with Crippen LogP contribution < -0.4 is 0 Å². The van der Waals surface area contributed by atoms with Gasteiger partial charge in [-0.1, -0.05) is 20.8 Å². The molecule has 0 aromatic carbocycles. The Hall–Kier alpha value is -2.12. The van der Waals surface area contributed by atoms with Crippen molar-refractivity contribution in [2.75, 3.05) is 33.2 Å². The van der Waals surface area contributed by atoms with Gasteiger partial charge in [-0.25, -0.2) is 0 Å². The number of carbonyl (C=O) groups excluding carboxylic acids is 3. The summed E-state index contributed by atoms with van der Waals surface area (Å²) in [5.41, 5.74) is -0.142.